The summed E-state index contributed by atoms with van der Waals surface area (Å²) in [7, 11) is 0. The molecule has 0 aliphatic carbocycles. The normalized spacial score (nSPS) is 10.4. The van der Waals surface area contributed by atoms with Gasteiger partial charge < -0.3 is 10.5 Å². The molecule has 0 heterocycles. The van der Waals surface area contributed by atoms with Crippen molar-refractivity contribution in [2.75, 3.05) is 0 Å². The first-order valence-electron chi connectivity index (χ1n) is 5.52. The van der Waals surface area contributed by atoms with Crippen LogP contribution in [0.4, 0.5) is 0 Å². The zero-order valence-electron chi connectivity index (χ0n) is 9.91. The first kappa shape index (κ1) is 13.6. The molecular weight excluding hydrogens is 358 g/mol. The van der Waals surface area contributed by atoms with E-state index in [1.807, 2.05) is 43.3 Å². The average Bonchev–Trinajstić information content (AvgIpc) is 2.34. The molecule has 18 heavy (non-hydrogen) atoms. The minimum absolute atomic E-state index is 0.521. The molecule has 2 rings (SSSR count). The second kappa shape index (κ2) is 5.87. The van der Waals surface area contributed by atoms with Gasteiger partial charge in [-0.2, -0.15) is 0 Å². The molecule has 2 aromatic rings. The molecule has 2 nitrogen and oxygen atoms in total. The van der Waals surface area contributed by atoms with Crippen LogP contribution in [0.25, 0.3) is 0 Å². The molecule has 4 heteroatoms. The maximum Gasteiger partial charge on any atom is 0.141 e. The average molecular weight is 371 g/mol. The van der Waals surface area contributed by atoms with Crippen molar-refractivity contribution in [2.45, 2.75) is 13.5 Å². The number of hydrogen-bond donors (Lipinski definition) is 1. The molecule has 0 unspecified atom stereocenters. The van der Waals surface area contributed by atoms with Crippen LogP contribution in [0.1, 0.15) is 11.1 Å². The van der Waals surface area contributed by atoms with Crippen LogP contribution in [0.5, 0.6) is 11.5 Å². The lowest BCUT2D eigenvalue weighted by molar-refractivity contribution is 0.476. The Kier molecular flexibility index (Phi) is 4.43. The lowest BCUT2D eigenvalue weighted by atomic mass is 10.2. The summed E-state index contributed by atoms with van der Waals surface area (Å²) in [5.41, 5.74) is 7.85. The number of hydrogen-bond acceptors (Lipinski definition) is 2. The van der Waals surface area contributed by atoms with Crippen molar-refractivity contribution in [1.82, 2.24) is 0 Å². The van der Waals surface area contributed by atoms with E-state index in [0.29, 0.717) is 6.54 Å². The van der Waals surface area contributed by atoms with Crippen LogP contribution in [0.3, 0.4) is 0 Å². The number of rotatable bonds is 3. The molecule has 2 N–H and O–H groups in total. The summed E-state index contributed by atoms with van der Waals surface area (Å²) >= 11 is 6.99. The standard InChI is InChI=1S/C14H13Br2NO/c1-9-2-4-13(11(15)6-9)18-14-5-3-10(8-17)7-12(14)16/h2-7H,8,17H2,1H3. The molecule has 0 aromatic heterocycles. The second-order valence-corrected chi connectivity index (χ2v) is 5.71. The topological polar surface area (TPSA) is 35.2 Å². The molecule has 0 saturated heterocycles. The van der Waals surface area contributed by atoms with Crippen molar-refractivity contribution in [3.05, 3.63) is 56.5 Å². The van der Waals surface area contributed by atoms with Gasteiger partial charge >= 0.3 is 0 Å². The lowest BCUT2D eigenvalue weighted by Crippen LogP contribution is -1.96. The molecule has 0 spiro atoms. The first-order chi connectivity index (χ1) is 8.60. The van der Waals surface area contributed by atoms with E-state index in [0.717, 1.165) is 26.0 Å². The number of halogens is 2. The maximum absolute atomic E-state index is 5.86. The van der Waals surface area contributed by atoms with Gasteiger partial charge in [-0.25, -0.2) is 0 Å². The third-order valence-corrected chi connectivity index (χ3v) is 3.78. The fourth-order valence-electron chi connectivity index (χ4n) is 1.56. The molecule has 0 radical (unpaired) electrons. The van der Waals surface area contributed by atoms with E-state index in [-0.39, 0.29) is 0 Å². The predicted octanol–water partition coefficient (Wildman–Crippen LogP) is 4.77. The molecule has 94 valence electrons. The minimum atomic E-state index is 0.521. The Labute approximate surface area is 123 Å². The van der Waals surface area contributed by atoms with Gasteiger partial charge in [0.2, 0.25) is 0 Å². The Morgan fingerprint density at radius 3 is 2.17 bits per heavy atom. The Hall–Kier alpha value is -0.840. The molecular formula is C14H13Br2NO. The zero-order chi connectivity index (χ0) is 13.1. The summed E-state index contributed by atoms with van der Waals surface area (Å²) in [5, 5.41) is 0. The number of aryl methyl sites for hydroxylation is 1. The van der Waals surface area contributed by atoms with Crippen molar-refractivity contribution in [3.8, 4) is 11.5 Å². The van der Waals surface area contributed by atoms with Crippen molar-refractivity contribution in [1.29, 1.82) is 0 Å². The van der Waals surface area contributed by atoms with Gasteiger partial charge in [0.25, 0.3) is 0 Å². The zero-order valence-corrected chi connectivity index (χ0v) is 13.1. The van der Waals surface area contributed by atoms with Crippen LogP contribution < -0.4 is 10.5 Å². The Bertz CT molecular complexity index is 570. The van der Waals surface area contributed by atoms with Crippen molar-refractivity contribution in [3.63, 3.8) is 0 Å². The van der Waals surface area contributed by atoms with E-state index < -0.39 is 0 Å². The summed E-state index contributed by atoms with van der Waals surface area (Å²) in [6, 6.07) is 11.8. The monoisotopic (exact) mass is 369 g/mol. The van der Waals surface area contributed by atoms with Gasteiger partial charge in [-0.15, -0.1) is 0 Å². The van der Waals surface area contributed by atoms with Crippen LogP contribution in [-0.4, -0.2) is 0 Å². The summed E-state index contributed by atoms with van der Waals surface area (Å²) in [5.74, 6) is 1.57. The highest BCUT2D eigenvalue weighted by Gasteiger charge is 2.06. The largest absolute Gasteiger partial charge is 0.455 e. The molecule has 2 aromatic carbocycles. The Balaban J connectivity index is 2.28. The van der Waals surface area contributed by atoms with E-state index >= 15 is 0 Å². The maximum atomic E-state index is 5.86. The van der Waals surface area contributed by atoms with Crippen molar-refractivity contribution >= 4 is 31.9 Å². The molecule has 0 aliphatic rings. The van der Waals surface area contributed by atoms with E-state index in [9.17, 15) is 0 Å². The van der Waals surface area contributed by atoms with Crippen LogP contribution >= 0.6 is 31.9 Å². The SMILES string of the molecule is Cc1ccc(Oc2ccc(CN)cc2Br)c(Br)c1. The molecule has 0 amide bonds. The third-order valence-electron chi connectivity index (χ3n) is 2.54. The molecule has 0 saturated carbocycles. The number of ether oxygens (including phenoxy) is 1. The summed E-state index contributed by atoms with van der Waals surface area (Å²) < 4.78 is 7.70. The quantitative estimate of drug-likeness (QED) is 0.844. The Morgan fingerprint density at radius 2 is 1.61 bits per heavy atom. The second-order valence-electron chi connectivity index (χ2n) is 4.00. The van der Waals surface area contributed by atoms with Gasteiger partial charge in [0.05, 0.1) is 8.95 Å². The number of benzene rings is 2. The summed E-state index contributed by atoms with van der Waals surface area (Å²) in [6.45, 7) is 2.56. The highest BCUT2D eigenvalue weighted by atomic mass is 79.9. The fraction of sp³-hybridized carbons (Fsp3) is 0.143. The van der Waals surface area contributed by atoms with Crippen molar-refractivity contribution in [2.24, 2.45) is 5.73 Å². The van der Waals surface area contributed by atoms with E-state index in [1.54, 1.807) is 0 Å². The first-order valence-corrected chi connectivity index (χ1v) is 7.11. The van der Waals surface area contributed by atoms with Crippen molar-refractivity contribution < 1.29 is 4.74 Å². The molecule has 0 fully saturated rings. The van der Waals surface area contributed by atoms with Gasteiger partial charge in [0, 0.05) is 6.54 Å². The molecule has 0 bridgehead atoms. The van der Waals surface area contributed by atoms with Gasteiger partial charge in [-0.3, -0.25) is 0 Å². The minimum Gasteiger partial charge on any atom is -0.455 e. The molecule has 0 aliphatic heterocycles. The fourth-order valence-corrected chi connectivity index (χ4v) is 2.64. The Morgan fingerprint density at radius 1 is 1.00 bits per heavy atom. The third kappa shape index (κ3) is 3.13. The van der Waals surface area contributed by atoms with Crippen LogP contribution in [0.2, 0.25) is 0 Å². The lowest BCUT2D eigenvalue weighted by Gasteiger charge is -2.10. The van der Waals surface area contributed by atoms with Crippen LogP contribution in [0.15, 0.2) is 45.3 Å². The van der Waals surface area contributed by atoms with E-state index in [2.05, 4.69) is 31.9 Å². The van der Waals surface area contributed by atoms with Gasteiger partial charge in [0.1, 0.15) is 11.5 Å². The van der Waals surface area contributed by atoms with Gasteiger partial charge in [-0.1, -0.05) is 12.1 Å². The summed E-state index contributed by atoms with van der Waals surface area (Å²) in [6.07, 6.45) is 0. The smallest absolute Gasteiger partial charge is 0.141 e. The molecule has 0 atom stereocenters. The van der Waals surface area contributed by atoms with Gasteiger partial charge in [-0.05, 0) is 74.2 Å². The highest BCUT2D eigenvalue weighted by molar-refractivity contribution is 9.11. The number of nitrogens with two attached hydrogens (primary N) is 1. The van der Waals surface area contributed by atoms with Crippen LogP contribution in [0, 0.1) is 6.92 Å². The highest BCUT2D eigenvalue weighted by Crippen LogP contribution is 2.34. The summed E-state index contributed by atoms with van der Waals surface area (Å²) in [4.78, 5) is 0. The predicted molar refractivity (Wildman–Crippen MR) is 81.0 cm³/mol. The van der Waals surface area contributed by atoms with E-state index in [1.165, 1.54) is 5.56 Å². The van der Waals surface area contributed by atoms with Crippen LogP contribution in [-0.2, 0) is 6.54 Å². The van der Waals surface area contributed by atoms with E-state index in [4.69, 9.17) is 10.5 Å². The van der Waals surface area contributed by atoms with Gasteiger partial charge in [0.15, 0.2) is 0 Å².